The lowest BCUT2D eigenvalue weighted by atomic mass is 9.51. The van der Waals surface area contributed by atoms with E-state index in [0.29, 0.717) is 11.8 Å². The van der Waals surface area contributed by atoms with Gasteiger partial charge in [0.05, 0.1) is 18.8 Å². The zero-order valence-corrected chi connectivity index (χ0v) is 15.6. The maximum atomic E-state index is 12.8. The summed E-state index contributed by atoms with van der Waals surface area (Å²) < 4.78 is 5.51. The second-order valence-corrected chi connectivity index (χ2v) is 9.01. The molecule has 0 unspecified atom stereocenters. The fourth-order valence-electron chi connectivity index (χ4n) is 5.93. The number of hydrogen-bond acceptors (Lipinski definition) is 4. The van der Waals surface area contributed by atoms with Crippen molar-refractivity contribution in [2.75, 3.05) is 38.2 Å². The molecule has 6 rings (SSSR count). The Kier molecular flexibility index (Phi) is 3.80. The van der Waals surface area contributed by atoms with Gasteiger partial charge in [0.1, 0.15) is 5.66 Å². The highest BCUT2D eigenvalue weighted by Crippen LogP contribution is 2.58. The number of carbonyl (C=O) groups is 1. The maximum absolute atomic E-state index is 12.8. The molecule has 1 amide bonds. The molecule has 1 aromatic rings. The summed E-state index contributed by atoms with van der Waals surface area (Å²) in [4.78, 5) is 15.3. The molecule has 3 saturated carbocycles. The number of rotatable bonds is 2. The van der Waals surface area contributed by atoms with Crippen LogP contribution in [0.4, 0.5) is 5.69 Å². The van der Waals surface area contributed by atoms with Gasteiger partial charge in [0.15, 0.2) is 0 Å². The minimum absolute atomic E-state index is 0.0835. The van der Waals surface area contributed by atoms with Crippen molar-refractivity contribution in [3.8, 4) is 0 Å². The average molecular weight is 355 g/mol. The van der Waals surface area contributed by atoms with E-state index < -0.39 is 0 Å². The molecule has 4 fully saturated rings. The SMILES string of the molecule is C[C@@]12CC[C@H](C[C@@H]1CN1CCOCC1)[C@@]1(C2)NC(=O)c2ccccc2N1. The minimum Gasteiger partial charge on any atom is -0.379 e. The van der Waals surface area contributed by atoms with Gasteiger partial charge < -0.3 is 15.4 Å². The second-order valence-electron chi connectivity index (χ2n) is 9.01. The van der Waals surface area contributed by atoms with Crippen molar-refractivity contribution in [1.82, 2.24) is 10.2 Å². The van der Waals surface area contributed by atoms with E-state index in [2.05, 4.69) is 22.5 Å². The molecule has 2 N–H and O–H groups in total. The first-order chi connectivity index (χ1) is 12.6. The largest absolute Gasteiger partial charge is 0.379 e. The van der Waals surface area contributed by atoms with E-state index in [0.717, 1.165) is 44.0 Å². The summed E-state index contributed by atoms with van der Waals surface area (Å²) in [6, 6.07) is 7.91. The first-order valence-corrected chi connectivity index (χ1v) is 10.1. The molecular weight excluding hydrogens is 326 g/mol. The Bertz CT molecular complexity index is 717. The van der Waals surface area contributed by atoms with Gasteiger partial charge in [-0.1, -0.05) is 19.1 Å². The van der Waals surface area contributed by atoms with Gasteiger partial charge in [0.2, 0.25) is 0 Å². The summed E-state index contributed by atoms with van der Waals surface area (Å²) in [6.45, 7) is 7.48. The van der Waals surface area contributed by atoms with Crippen LogP contribution in [0.1, 0.15) is 43.0 Å². The van der Waals surface area contributed by atoms with Crippen LogP contribution in [-0.2, 0) is 4.74 Å². The van der Waals surface area contributed by atoms with Crippen LogP contribution in [0.3, 0.4) is 0 Å². The third kappa shape index (κ3) is 2.55. The number of hydrogen-bond donors (Lipinski definition) is 2. The van der Waals surface area contributed by atoms with Gasteiger partial charge in [-0.25, -0.2) is 0 Å². The lowest BCUT2D eigenvalue weighted by molar-refractivity contribution is -0.0718. The number of ether oxygens (including phenoxy) is 1. The molecule has 3 aliphatic carbocycles. The summed E-state index contributed by atoms with van der Waals surface area (Å²) in [5, 5.41) is 7.14. The van der Waals surface area contributed by atoms with E-state index in [9.17, 15) is 4.79 Å². The fraction of sp³-hybridized carbons (Fsp3) is 0.667. The van der Waals surface area contributed by atoms with Gasteiger partial charge in [0.25, 0.3) is 5.91 Å². The van der Waals surface area contributed by atoms with E-state index in [1.54, 1.807) is 0 Å². The van der Waals surface area contributed by atoms with Crippen LogP contribution in [0.15, 0.2) is 24.3 Å². The molecule has 5 aliphatic rings. The molecule has 5 nitrogen and oxygen atoms in total. The number of nitrogens with zero attached hydrogens (tertiary/aromatic N) is 1. The normalized spacial score (nSPS) is 39.3. The van der Waals surface area contributed by atoms with Gasteiger partial charge in [-0.3, -0.25) is 9.69 Å². The van der Waals surface area contributed by atoms with E-state index in [1.807, 2.05) is 24.3 Å². The summed E-state index contributed by atoms with van der Waals surface area (Å²) >= 11 is 0. The van der Waals surface area contributed by atoms with Crippen molar-refractivity contribution >= 4 is 11.6 Å². The summed E-state index contributed by atoms with van der Waals surface area (Å²) in [5.74, 6) is 1.30. The molecule has 140 valence electrons. The molecule has 1 aromatic carbocycles. The lowest BCUT2D eigenvalue weighted by Gasteiger charge is -2.62. The topological polar surface area (TPSA) is 53.6 Å². The molecule has 26 heavy (non-hydrogen) atoms. The Balaban J connectivity index is 1.39. The van der Waals surface area contributed by atoms with E-state index in [1.165, 1.54) is 25.8 Å². The molecule has 4 atom stereocenters. The van der Waals surface area contributed by atoms with Gasteiger partial charge in [-0.2, -0.15) is 0 Å². The lowest BCUT2D eigenvalue weighted by Crippen LogP contribution is -2.69. The monoisotopic (exact) mass is 355 g/mol. The number of morpholine rings is 1. The van der Waals surface area contributed by atoms with Gasteiger partial charge in [0, 0.05) is 31.2 Å². The molecule has 1 saturated heterocycles. The molecular formula is C21H29N3O2. The zero-order chi connectivity index (χ0) is 17.8. The maximum Gasteiger partial charge on any atom is 0.255 e. The first kappa shape index (κ1) is 16.6. The Morgan fingerprint density at radius 2 is 2.04 bits per heavy atom. The molecule has 2 heterocycles. The van der Waals surface area contributed by atoms with Gasteiger partial charge in [-0.05, 0) is 49.1 Å². The number of carbonyl (C=O) groups excluding carboxylic acids is 1. The van der Waals surface area contributed by atoms with Crippen LogP contribution in [0.25, 0.3) is 0 Å². The molecule has 2 bridgehead atoms. The quantitative estimate of drug-likeness (QED) is 0.856. The number of nitrogens with one attached hydrogen (secondary N) is 2. The minimum atomic E-state index is -0.264. The van der Waals surface area contributed by atoms with Crippen molar-refractivity contribution in [2.45, 2.75) is 38.3 Å². The number of amides is 1. The van der Waals surface area contributed by atoms with Crippen LogP contribution < -0.4 is 10.6 Å². The van der Waals surface area contributed by atoms with Crippen LogP contribution in [0.2, 0.25) is 0 Å². The summed E-state index contributed by atoms with van der Waals surface area (Å²) in [7, 11) is 0. The van der Waals surface area contributed by atoms with Crippen molar-refractivity contribution in [3.63, 3.8) is 0 Å². The van der Waals surface area contributed by atoms with Crippen molar-refractivity contribution in [3.05, 3.63) is 29.8 Å². The van der Waals surface area contributed by atoms with Crippen molar-refractivity contribution in [2.24, 2.45) is 17.3 Å². The Morgan fingerprint density at radius 3 is 2.85 bits per heavy atom. The smallest absolute Gasteiger partial charge is 0.255 e. The van der Waals surface area contributed by atoms with Crippen LogP contribution in [0.5, 0.6) is 0 Å². The summed E-state index contributed by atoms with van der Waals surface area (Å²) in [5.41, 5.74) is 1.78. The number of anilines is 1. The number of para-hydroxylation sites is 1. The first-order valence-electron chi connectivity index (χ1n) is 10.1. The van der Waals surface area contributed by atoms with Crippen LogP contribution in [-0.4, -0.2) is 49.3 Å². The highest BCUT2D eigenvalue weighted by molar-refractivity contribution is 6.02. The zero-order valence-electron chi connectivity index (χ0n) is 15.6. The van der Waals surface area contributed by atoms with Crippen molar-refractivity contribution in [1.29, 1.82) is 0 Å². The van der Waals surface area contributed by atoms with Crippen LogP contribution in [0, 0.1) is 17.3 Å². The van der Waals surface area contributed by atoms with E-state index in [-0.39, 0.29) is 17.0 Å². The van der Waals surface area contributed by atoms with Gasteiger partial charge >= 0.3 is 0 Å². The van der Waals surface area contributed by atoms with E-state index in [4.69, 9.17) is 4.74 Å². The van der Waals surface area contributed by atoms with E-state index >= 15 is 0 Å². The standard InChI is InChI=1S/C21H29N3O2/c1-20-7-6-15(12-16(20)13-24-8-10-26-11-9-24)21(14-20)22-18-5-3-2-4-17(18)19(25)23-21/h2-5,15-16,22H,6-14H2,1H3,(H,23,25)/t15-,16-,20+,21-/m1/s1. The molecule has 5 heteroatoms. The van der Waals surface area contributed by atoms with Crippen molar-refractivity contribution < 1.29 is 9.53 Å². The Labute approximate surface area is 155 Å². The fourth-order valence-corrected chi connectivity index (χ4v) is 5.93. The highest BCUT2D eigenvalue weighted by atomic mass is 16.5. The Morgan fingerprint density at radius 1 is 1.23 bits per heavy atom. The predicted octanol–water partition coefficient (Wildman–Crippen LogP) is 2.70. The molecule has 2 aliphatic heterocycles. The summed E-state index contributed by atoms with van der Waals surface area (Å²) in [6.07, 6.45) is 4.70. The number of benzene rings is 1. The average Bonchev–Trinajstić information content (AvgIpc) is 2.64. The molecule has 0 radical (unpaired) electrons. The third-order valence-electron chi connectivity index (χ3n) is 7.45. The third-order valence-corrected chi connectivity index (χ3v) is 7.45. The highest BCUT2D eigenvalue weighted by Gasteiger charge is 2.58. The molecule has 1 spiro atoms. The van der Waals surface area contributed by atoms with Crippen LogP contribution >= 0.6 is 0 Å². The second kappa shape index (κ2) is 5.96. The number of fused-ring (bicyclic) bond motifs is 3. The molecule has 0 aromatic heterocycles. The Hall–Kier alpha value is -1.59. The predicted molar refractivity (Wildman–Crippen MR) is 101 cm³/mol. The van der Waals surface area contributed by atoms with Gasteiger partial charge in [-0.15, -0.1) is 0 Å².